The van der Waals surface area contributed by atoms with Crippen LogP contribution in [0.25, 0.3) is 6.08 Å². The average molecular weight is 465 g/mol. The Morgan fingerprint density at radius 2 is 1.77 bits per heavy atom. The van der Waals surface area contributed by atoms with Gasteiger partial charge in [0.25, 0.3) is 11.6 Å². The van der Waals surface area contributed by atoms with Crippen molar-refractivity contribution < 1.29 is 9.72 Å². The lowest BCUT2D eigenvalue weighted by Crippen LogP contribution is -2.27. The second kappa shape index (κ2) is 9.05. The molecule has 0 atom stereocenters. The number of thiocarbonyl (C=S) groups is 1. The van der Waals surface area contributed by atoms with Crippen LogP contribution in [0.3, 0.4) is 0 Å². The minimum atomic E-state index is -0.400. The third-order valence-corrected chi connectivity index (χ3v) is 6.91. The molecule has 8 heteroatoms. The number of para-hydroxylation sites is 1. The molecule has 4 rings (SSSR count). The Hall–Kier alpha value is -2.94. The molecule has 0 radical (unpaired) electrons. The zero-order chi connectivity index (χ0) is 22.0. The van der Waals surface area contributed by atoms with E-state index < -0.39 is 4.92 Å². The molecule has 3 aromatic carbocycles. The lowest BCUT2D eigenvalue weighted by Gasteiger charge is -2.13. The van der Waals surface area contributed by atoms with Crippen LogP contribution < -0.4 is 4.90 Å². The van der Waals surface area contributed by atoms with Gasteiger partial charge in [-0.05, 0) is 48.9 Å². The topological polar surface area (TPSA) is 63.5 Å². The summed E-state index contributed by atoms with van der Waals surface area (Å²) in [6.45, 7) is 1.99. The molecular weight excluding hydrogens is 448 g/mol. The number of hydrogen-bond acceptors (Lipinski definition) is 6. The van der Waals surface area contributed by atoms with Gasteiger partial charge < -0.3 is 0 Å². The zero-order valence-corrected chi connectivity index (χ0v) is 18.8. The number of carbonyl (C=O) groups is 1. The SMILES string of the molecule is Cc1ccc(Sc2ccc(C=C3SC(=S)N(c4ccccc4)C3=O)cc2[N+](=O)[O-])cc1. The standard InChI is InChI=1S/C23H16N2O3S3/c1-15-7-10-18(11-8-15)30-20-12-9-16(13-19(20)25(27)28)14-21-22(26)24(23(29)31-21)17-5-3-2-4-6-17/h2-14H,1H3. The normalized spacial score (nSPS) is 15.0. The summed E-state index contributed by atoms with van der Waals surface area (Å²) in [5.74, 6) is -0.234. The number of hydrogen-bond donors (Lipinski definition) is 0. The first-order valence-corrected chi connectivity index (χ1v) is 11.3. The fourth-order valence-corrected chi connectivity index (χ4v) is 5.20. The van der Waals surface area contributed by atoms with Gasteiger partial charge in [0, 0.05) is 11.0 Å². The quantitative estimate of drug-likeness (QED) is 0.187. The molecule has 1 heterocycles. The Bertz CT molecular complexity index is 1210. The van der Waals surface area contributed by atoms with Gasteiger partial charge in [-0.3, -0.25) is 19.8 Å². The molecule has 0 bridgehead atoms. The number of carbonyl (C=O) groups excluding carboxylic acids is 1. The van der Waals surface area contributed by atoms with Crippen molar-refractivity contribution in [1.82, 2.24) is 0 Å². The summed E-state index contributed by atoms with van der Waals surface area (Å²) >= 11 is 7.90. The largest absolute Gasteiger partial charge is 0.283 e. The van der Waals surface area contributed by atoms with Crippen molar-refractivity contribution in [2.24, 2.45) is 0 Å². The first kappa shape index (κ1) is 21.3. The maximum absolute atomic E-state index is 12.9. The van der Waals surface area contributed by atoms with Gasteiger partial charge in [0.1, 0.15) is 0 Å². The highest BCUT2D eigenvalue weighted by molar-refractivity contribution is 8.27. The van der Waals surface area contributed by atoms with Crippen LogP contribution in [0.1, 0.15) is 11.1 Å². The molecule has 0 saturated carbocycles. The van der Waals surface area contributed by atoms with Gasteiger partial charge in [-0.1, -0.05) is 77.7 Å². The molecule has 0 spiro atoms. The molecule has 0 aliphatic carbocycles. The number of amides is 1. The van der Waals surface area contributed by atoms with E-state index in [1.54, 1.807) is 18.2 Å². The third kappa shape index (κ3) is 4.71. The molecule has 1 aliphatic heterocycles. The van der Waals surface area contributed by atoms with Gasteiger partial charge in [-0.25, -0.2) is 0 Å². The highest BCUT2D eigenvalue weighted by atomic mass is 32.2. The molecule has 1 fully saturated rings. The number of nitro benzene ring substituents is 1. The van der Waals surface area contributed by atoms with E-state index in [9.17, 15) is 14.9 Å². The smallest absolute Gasteiger partial charge is 0.268 e. The monoisotopic (exact) mass is 464 g/mol. The number of benzene rings is 3. The van der Waals surface area contributed by atoms with Crippen LogP contribution in [0.5, 0.6) is 0 Å². The van der Waals surface area contributed by atoms with E-state index in [4.69, 9.17) is 12.2 Å². The first-order chi connectivity index (χ1) is 14.9. The minimum Gasteiger partial charge on any atom is -0.268 e. The summed E-state index contributed by atoms with van der Waals surface area (Å²) in [6, 6.07) is 22.0. The summed E-state index contributed by atoms with van der Waals surface area (Å²) in [5, 5.41) is 11.7. The van der Waals surface area contributed by atoms with Crippen LogP contribution in [-0.4, -0.2) is 15.2 Å². The van der Waals surface area contributed by atoms with E-state index in [1.165, 1.54) is 34.5 Å². The lowest BCUT2D eigenvalue weighted by atomic mass is 10.2. The Morgan fingerprint density at radius 1 is 1.06 bits per heavy atom. The Labute approximate surface area is 193 Å². The summed E-state index contributed by atoms with van der Waals surface area (Å²) in [7, 11) is 0. The van der Waals surface area contributed by atoms with Crippen LogP contribution in [0, 0.1) is 17.0 Å². The van der Waals surface area contributed by atoms with Crippen LogP contribution in [0.15, 0.2) is 87.5 Å². The maximum atomic E-state index is 12.9. The van der Waals surface area contributed by atoms with Crippen LogP contribution in [-0.2, 0) is 4.79 Å². The molecule has 1 amide bonds. The van der Waals surface area contributed by atoms with Gasteiger partial charge in [0.15, 0.2) is 4.32 Å². The van der Waals surface area contributed by atoms with E-state index in [2.05, 4.69) is 0 Å². The summed E-state index contributed by atoms with van der Waals surface area (Å²) < 4.78 is 0.434. The molecule has 0 unspecified atom stereocenters. The van der Waals surface area contributed by atoms with Gasteiger partial charge in [-0.2, -0.15) is 0 Å². The van der Waals surface area contributed by atoms with Crippen molar-refractivity contribution in [1.29, 1.82) is 0 Å². The zero-order valence-electron chi connectivity index (χ0n) is 16.3. The lowest BCUT2D eigenvalue weighted by molar-refractivity contribution is -0.387. The summed E-state index contributed by atoms with van der Waals surface area (Å²) in [4.78, 5) is 27.5. The second-order valence-electron chi connectivity index (χ2n) is 6.75. The van der Waals surface area contributed by atoms with E-state index in [1.807, 2.05) is 61.5 Å². The molecule has 0 aromatic heterocycles. The predicted octanol–water partition coefficient (Wildman–Crippen LogP) is 6.46. The molecule has 5 nitrogen and oxygen atoms in total. The average Bonchev–Trinajstić information content (AvgIpc) is 3.04. The summed E-state index contributed by atoms with van der Waals surface area (Å²) in [6.07, 6.45) is 1.65. The Morgan fingerprint density at radius 3 is 2.45 bits per heavy atom. The van der Waals surface area contributed by atoms with Crippen molar-refractivity contribution in [3.8, 4) is 0 Å². The highest BCUT2D eigenvalue weighted by Gasteiger charge is 2.33. The molecule has 1 saturated heterocycles. The third-order valence-electron chi connectivity index (χ3n) is 4.53. The molecular formula is C23H16N2O3S3. The second-order valence-corrected chi connectivity index (χ2v) is 9.54. The molecule has 1 aliphatic rings. The predicted molar refractivity (Wildman–Crippen MR) is 130 cm³/mol. The van der Waals surface area contributed by atoms with E-state index in [0.29, 0.717) is 25.4 Å². The maximum Gasteiger partial charge on any atom is 0.283 e. The van der Waals surface area contributed by atoms with Gasteiger partial charge in [0.05, 0.1) is 20.4 Å². The van der Waals surface area contributed by atoms with Crippen LogP contribution >= 0.6 is 35.7 Å². The number of aryl methyl sites for hydroxylation is 1. The molecule has 31 heavy (non-hydrogen) atoms. The van der Waals surface area contributed by atoms with Gasteiger partial charge >= 0.3 is 0 Å². The molecule has 0 N–H and O–H groups in total. The minimum absolute atomic E-state index is 0.00198. The van der Waals surface area contributed by atoms with E-state index in [0.717, 1.165) is 10.5 Å². The number of nitrogens with zero attached hydrogens (tertiary/aromatic N) is 2. The van der Waals surface area contributed by atoms with Crippen molar-refractivity contribution in [3.05, 3.63) is 98.9 Å². The van der Waals surface area contributed by atoms with Crippen LogP contribution in [0.2, 0.25) is 0 Å². The number of rotatable bonds is 5. The fourth-order valence-electron chi connectivity index (χ4n) is 3.01. The van der Waals surface area contributed by atoms with Crippen molar-refractivity contribution in [3.63, 3.8) is 0 Å². The Balaban J connectivity index is 1.63. The highest BCUT2D eigenvalue weighted by Crippen LogP contribution is 2.38. The van der Waals surface area contributed by atoms with Crippen LogP contribution in [0.4, 0.5) is 11.4 Å². The molecule has 154 valence electrons. The van der Waals surface area contributed by atoms with Crippen molar-refractivity contribution >= 4 is 63.4 Å². The Kier molecular flexibility index (Phi) is 6.22. The van der Waals surface area contributed by atoms with Crippen molar-refractivity contribution in [2.75, 3.05) is 4.90 Å². The first-order valence-electron chi connectivity index (χ1n) is 9.28. The van der Waals surface area contributed by atoms with E-state index in [-0.39, 0.29) is 11.6 Å². The number of anilines is 1. The van der Waals surface area contributed by atoms with Gasteiger partial charge in [-0.15, -0.1) is 0 Å². The van der Waals surface area contributed by atoms with E-state index >= 15 is 0 Å². The number of nitro groups is 1. The number of thioether (sulfide) groups is 1. The molecule has 3 aromatic rings. The summed E-state index contributed by atoms with van der Waals surface area (Å²) in [5.41, 5.74) is 2.40. The van der Waals surface area contributed by atoms with Crippen molar-refractivity contribution in [2.45, 2.75) is 16.7 Å². The van der Waals surface area contributed by atoms with Gasteiger partial charge in [0.2, 0.25) is 0 Å². The fraction of sp³-hybridized carbons (Fsp3) is 0.0435.